The molecule has 5 nitrogen and oxygen atoms in total. The van der Waals surface area contributed by atoms with E-state index in [0.29, 0.717) is 0 Å². The van der Waals surface area contributed by atoms with Crippen LogP contribution in [0.15, 0.2) is 36.7 Å². The average Bonchev–Trinajstić information content (AvgIpc) is 2.95. The van der Waals surface area contributed by atoms with Crippen LogP contribution in [-0.2, 0) is 6.42 Å². The molecule has 0 radical (unpaired) electrons. The van der Waals surface area contributed by atoms with Crippen LogP contribution >= 0.6 is 0 Å². The third-order valence-electron chi connectivity index (χ3n) is 3.55. The van der Waals surface area contributed by atoms with Gasteiger partial charge < -0.3 is 0 Å². The van der Waals surface area contributed by atoms with Crippen LogP contribution in [0, 0.1) is 5.92 Å². The summed E-state index contributed by atoms with van der Waals surface area (Å²) in [7, 11) is 0. The number of hydrogen-bond donors (Lipinski definition) is 0. The van der Waals surface area contributed by atoms with Gasteiger partial charge in [0, 0.05) is 13.1 Å². The number of aromatic nitrogens is 4. The number of tetrazole rings is 1. The smallest absolute Gasteiger partial charge is 0.164 e. The van der Waals surface area contributed by atoms with E-state index in [1.54, 1.807) is 4.91 Å². The van der Waals surface area contributed by atoms with Crippen molar-refractivity contribution in [3.05, 3.63) is 42.2 Å². The normalized spacial score (nSPS) is 17.0. The third kappa shape index (κ3) is 2.50. The van der Waals surface area contributed by atoms with Gasteiger partial charge in [0.25, 0.3) is 0 Å². The lowest BCUT2D eigenvalue weighted by molar-refractivity contribution is 0.330. The SMILES string of the molecule is c1ccc(CC2CCN(n3ncnn3)CC2)cc1. The molecule has 0 spiro atoms. The Morgan fingerprint density at radius 3 is 2.56 bits per heavy atom. The molecule has 0 atom stereocenters. The zero-order valence-corrected chi connectivity index (χ0v) is 10.3. The minimum Gasteiger partial charge on any atom is -0.278 e. The summed E-state index contributed by atoms with van der Waals surface area (Å²) in [6.45, 7) is 2.02. The number of hydrogen-bond acceptors (Lipinski definition) is 4. The molecule has 18 heavy (non-hydrogen) atoms. The van der Waals surface area contributed by atoms with Gasteiger partial charge in [0.05, 0.1) is 0 Å². The summed E-state index contributed by atoms with van der Waals surface area (Å²) < 4.78 is 0. The van der Waals surface area contributed by atoms with Crippen molar-refractivity contribution in [2.24, 2.45) is 5.92 Å². The van der Waals surface area contributed by atoms with Gasteiger partial charge in [-0.15, -0.1) is 10.2 Å². The van der Waals surface area contributed by atoms with Gasteiger partial charge in [-0.3, -0.25) is 5.01 Å². The fourth-order valence-electron chi connectivity index (χ4n) is 2.54. The Morgan fingerprint density at radius 1 is 1.11 bits per heavy atom. The van der Waals surface area contributed by atoms with Gasteiger partial charge in [-0.1, -0.05) is 35.2 Å². The zero-order chi connectivity index (χ0) is 12.2. The lowest BCUT2D eigenvalue weighted by atomic mass is 9.91. The highest BCUT2D eigenvalue weighted by atomic mass is 15.8. The number of benzene rings is 1. The van der Waals surface area contributed by atoms with Crippen LogP contribution in [0.5, 0.6) is 0 Å². The molecule has 1 aliphatic rings. The number of nitrogens with zero attached hydrogens (tertiary/aromatic N) is 5. The fraction of sp³-hybridized carbons (Fsp3) is 0.462. The van der Waals surface area contributed by atoms with E-state index in [-0.39, 0.29) is 0 Å². The first kappa shape index (κ1) is 11.2. The Morgan fingerprint density at radius 2 is 1.89 bits per heavy atom. The van der Waals surface area contributed by atoms with E-state index in [1.165, 1.54) is 31.2 Å². The van der Waals surface area contributed by atoms with Gasteiger partial charge in [0.2, 0.25) is 0 Å². The predicted molar refractivity (Wildman–Crippen MR) is 68.6 cm³/mol. The van der Waals surface area contributed by atoms with Crippen molar-refractivity contribution in [1.82, 2.24) is 20.3 Å². The van der Waals surface area contributed by atoms with E-state index in [2.05, 4.69) is 50.8 Å². The van der Waals surface area contributed by atoms with E-state index in [1.807, 2.05) is 0 Å². The largest absolute Gasteiger partial charge is 0.278 e. The quantitative estimate of drug-likeness (QED) is 0.814. The molecule has 0 bridgehead atoms. The Kier molecular flexibility index (Phi) is 3.21. The molecule has 5 heteroatoms. The predicted octanol–water partition coefficient (Wildman–Crippen LogP) is 1.26. The van der Waals surface area contributed by atoms with Crippen molar-refractivity contribution in [2.75, 3.05) is 18.1 Å². The monoisotopic (exact) mass is 243 g/mol. The van der Waals surface area contributed by atoms with Gasteiger partial charge in [0.1, 0.15) is 0 Å². The van der Waals surface area contributed by atoms with E-state index in [0.717, 1.165) is 19.0 Å². The molecular formula is C13H17N5. The first-order chi connectivity index (χ1) is 8.92. The number of piperidine rings is 1. The molecule has 1 aromatic carbocycles. The van der Waals surface area contributed by atoms with Crippen LogP contribution in [0.4, 0.5) is 0 Å². The first-order valence-corrected chi connectivity index (χ1v) is 6.44. The summed E-state index contributed by atoms with van der Waals surface area (Å²) >= 11 is 0. The summed E-state index contributed by atoms with van der Waals surface area (Å²) in [4.78, 5) is 1.61. The summed E-state index contributed by atoms with van der Waals surface area (Å²) in [6, 6.07) is 10.7. The maximum atomic E-state index is 4.07. The molecule has 0 aliphatic carbocycles. The average molecular weight is 243 g/mol. The Labute approximate surface area is 106 Å². The highest BCUT2D eigenvalue weighted by Crippen LogP contribution is 2.20. The van der Waals surface area contributed by atoms with Crippen LogP contribution in [0.2, 0.25) is 0 Å². The molecule has 1 aliphatic heterocycles. The second-order valence-electron chi connectivity index (χ2n) is 4.79. The molecule has 2 heterocycles. The maximum Gasteiger partial charge on any atom is 0.164 e. The molecule has 3 rings (SSSR count). The second-order valence-corrected chi connectivity index (χ2v) is 4.79. The summed E-state index contributed by atoms with van der Waals surface area (Å²) in [5, 5.41) is 13.9. The molecule has 0 amide bonds. The molecule has 0 unspecified atom stereocenters. The van der Waals surface area contributed by atoms with Gasteiger partial charge in [-0.05, 0) is 36.0 Å². The van der Waals surface area contributed by atoms with Crippen molar-refractivity contribution >= 4 is 0 Å². The van der Waals surface area contributed by atoms with Crippen molar-refractivity contribution < 1.29 is 0 Å². The standard InChI is InChI=1S/C13H17N5/c1-2-4-12(5-3-1)10-13-6-8-17(9-7-13)18-15-11-14-16-18/h1-5,11,13H,6-10H2. The van der Waals surface area contributed by atoms with E-state index in [4.69, 9.17) is 0 Å². The minimum absolute atomic E-state index is 0.771. The lowest BCUT2D eigenvalue weighted by Crippen LogP contribution is -2.43. The molecule has 0 N–H and O–H groups in total. The van der Waals surface area contributed by atoms with Gasteiger partial charge in [-0.25, -0.2) is 0 Å². The van der Waals surface area contributed by atoms with Gasteiger partial charge in [-0.2, -0.15) is 0 Å². The van der Waals surface area contributed by atoms with Crippen LogP contribution in [0.25, 0.3) is 0 Å². The molecule has 1 saturated heterocycles. The van der Waals surface area contributed by atoms with Crippen molar-refractivity contribution in [3.8, 4) is 0 Å². The Balaban J connectivity index is 1.54. The van der Waals surface area contributed by atoms with Crippen LogP contribution < -0.4 is 5.01 Å². The highest BCUT2D eigenvalue weighted by molar-refractivity contribution is 5.15. The molecule has 0 saturated carbocycles. The molecule has 1 fully saturated rings. The highest BCUT2D eigenvalue weighted by Gasteiger charge is 2.20. The van der Waals surface area contributed by atoms with Gasteiger partial charge in [0.15, 0.2) is 6.33 Å². The van der Waals surface area contributed by atoms with E-state index < -0.39 is 0 Å². The van der Waals surface area contributed by atoms with E-state index >= 15 is 0 Å². The molecular weight excluding hydrogens is 226 g/mol. The first-order valence-electron chi connectivity index (χ1n) is 6.44. The molecule has 1 aromatic heterocycles. The van der Waals surface area contributed by atoms with Crippen LogP contribution in [0.3, 0.4) is 0 Å². The zero-order valence-electron chi connectivity index (χ0n) is 10.3. The summed E-state index contributed by atoms with van der Waals surface area (Å²) in [5.74, 6) is 0.771. The Bertz CT molecular complexity index is 459. The minimum atomic E-state index is 0.771. The maximum absolute atomic E-state index is 4.07. The Hall–Kier alpha value is -1.91. The van der Waals surface area contributed by atoms with Crippen molar-refractivity contribution in [1.29, 1.82) is 0 Å². The van der Waals surface area contributed by atoms with Crippen LogP contribution in [-0.4, -0.2) is 33.4 Å². The lowest BCUT2D eigenvalue weighted by Gasteiger charge is -2.31. The van der Waals surface area contributed by atoms with Crippen molar-refractivity contribution in [3.63, 3.8) is 0 Å². The third-order valence-corrected chi connectivity index (χ3v) is 3.55. The van der Waals surface area contributed by atoms with Crippen molar-refractivity contribution in [2.45, 2.75) is 19.3 Å². The molecule has 94 valence electrons. The molecule has 2 aromatic rings. The number of rotatable bonds is 3. The second kappa shape index (κ2) is 5.16. The topological polar surface area (TPSA) is 46.8 Å². The van der Waals surface area contributed by atoms with Crippen LogP contribution in [0.1, 0.15) is 18.4 Å². The van der Waals surface area contributed by atoms with E-state index in [9.17, 15) is 0 Å². The fourth-order valence-corrected chi connectivity index (χ4v) is 2.54. The summed E-state index contributed by atoms with van der Waals surface area (Å²) in [6.07, 6.45) is 5.04. The van der Waals surface area contributed by atoms with Gasteiger partial charge >= 0.3 is 0 Å². The summed E-state index contributed by atoms with van der Waals surface area (Å²) in [5.41, 5.74) is 1.44.